The number of non-ortho nitro benzene ring substituents is 1. The summed E-state index contributed by atoms with van der Waals surface area (Å²) in [6.45, 7) is 5.50. The van der Waals surface area contributed by atoms with Crippen molar-refractivity contribution < 1.29 is 24.0 Å². The van der Waals surface area contributed by atoms with Crippen LogP contribution in [0.5, 0.6) is 0 Å². The quantitative estimate of drug-likeness (QED) is 0.269. The van der Waals surface area contributed by atoms with Crippen LogP contribution in [0, 0.1) is 17.0 Å². The SMILES string of the molecule is CCOC(=O)c1c(C)cc(Nc2ccc([N+](=O)[O-])cc2)c(C(=O)OCC)c1-c1ccccc1. The number of benzene rings is 3. The first-order valence-electron chi connectivity index (χ1n) is 10.5. The zero-order valence-electron chi connectivity index (χ0n) is 18.6. The molecule has 1 N–H and O–H groups in total. The minimum Gasteiger partial charge on any atom is -0.462 e. The minimum atomic E-state index is -0.605. The first-order chi connectivity index (χ1) is 15.9. The van der Waals surface area contributed by atoms with Gasteiger partial charge in [0.05, 0.1) is 35.0 Å². The van der Waals surface area contributed by atoms with Crippen LogP contribution in [0.4, 0.5) is 17.1 Å². The van der Waals surface area contributed by atoms with Gasteiger partial charge < -0.3 is 14.8 Å². The number of aryl methyl sites for hydroxylation is 1. The van der Waals surface area contributed by atoms with Crippen LogP contribution in [0.2, 0.25) is 0 Å². The molecule has 0 spiro atoms. The predicted octanol–water partition coefficient (Wildman–Crippen LogP) is 5.67. The highest BCUT2D eigenvalue weighted by molar-refractivity contribution is 6.11. The van der Waals surface area contributed by atoms with Crippen molar-refractivity contribution >= 4 is 29.0 Å². The van der Waals surface area contributed by atoms with Crippen LogP contribution in [-0.2, 0) is 9.47 Å². The van der Waals surface area contributed by atoms with Gasteiger partial charge >= 0.3 is 11.9 Å². The molecule has 0 heterocycles. The Morgan fingerprint density at radius 3 is 2.03 bits per heavy atom. The second-order valence-corrected chi connectivity index (χ2v) is 7.10. The van der Waals surface area contributed by atoms with Crippen molar-refractivity contribution in [3.05, 3.63) is 87.5 Å². The van der Waals surface area contributed by atoms with Gasteiger partial charge in [-0.1, -0.05) is 30.3 Å². The lowest BCUT2D eigenvalue weighted by atomic mass is 9.89. The van der Waals surface area contributed by atoms with Gasteiger partial charge in [-0.2, -0.15) is 0 Å². The van der Waals surface area contributed by atoms with Gasteiger partial charge in [0, 0.05) is 23.4 Å². The number of rotatable bonds is 8. The Balaban J connectivity index is 2.26. The number of carbonyl (C=O) groups excluding carboxylic acids is 2. The van der Waals surface area contributed by atoms with Crippen molar-refractivity contribution in [2.75, 3.05) is 18.5 Å². The van der Waals surface area contributed by atoms with Crippen LogP contribution in [-0.4, -0.2) is 30.1 Å². The number of nitrogens with one attached hydrogen (secondary N) is 1. The van der Waals surface area contributed by atoms with E-state index in [2.05, 4.69) is 5.32 Å². The number of hydrogen-bond donors (Lipinski definition) is 1. The molecule has 0 aliphatic carbocycles. The van der Waals surface area contributed by atoms with E-state index in [4.69, 9.17) is 9.47 Å². The van der Waals surface area contributed by atoms with E-state index in [9.17, 15) is 19.7 Å². The summed E-state index contributed by atoms with van der Waals surface area (Å²) in [6.07, 6.45) is 0. The zero-order chi connectivity index (χ0) is 24.0. The number of anilines is 2. The third-order valence-corrected chi connectivity index (χ3v) is 4.90. The number of nitrogens with zero attached hydrogens (tertiary/aromatic N) is 1. The topological polar surface area (TPSA) is 108 Å². The Hall–Kier alpha value is -4.20. The van der Waals surface area contributed by atoms with Gasteiger partial charge in [-0.15, -0.1) is 0 Å². The van der Waals surface area contributed by atoms with E-state index in [-0.39, 0.29) is 30.0 Å². The second kappa shape index (κ2) is 10.4. The lowest BCUT2D eigenvalue weighted by Gasteiger charge is -2.20. The van der Waals surface area contributed by atoms with Crippen molar-refractivity contribution in [3.8, 4) is 11.1 Å². The molecule has 0 radical (unpaired) electrons. The highest BCUT2D eigenvalue weighted by atomic mass is 16.6. The summed E-state index contributed by atoms with van der Waals surface area (Å²) in [5.41, 5.74) is 3.00. The monoisotopic (exact) mass is 448 g/mol. The van der Waals surface area contributed by atoms with Crippen LogP contribution in [0.25, 0.3) is 11.1 Å². The molecule has 0 aromatic heterocycles. The van der Waals surface area contributed by atoms with Gasteiger partial charge in [0.15, 0.2) is 0 Å². The van der Waals surface area contributed by atoms with E-state index in [1.54, 1.807) is 51.1 Å². The molecule has 0 saturated carbocycles. The van der Waals surface area contributed by atoms with Gasteiger partial charge in [0.2, 0.25) is 0 Å². The van der Waals surface area contributed by atoms with Crippen molar-refractivity contribution in [1.82, 2.24) is 0 Å². The fourth-order valence-electron chi connectivity index (χ4n) is 3.51. The number of hydrogen-bond acceptors (Lipinski definition) is 7. The van der Waals surface area contributed by atoms with E-state index in [1.165, 1.54) is 12.1 Å². The summed E-state index contributed by atoms with van der Waals surface area (Å²) < 4.78 is 10.6. The molecule has 3 rings (SSSR count). The van der Waals surface area contributed by atoms with E-state index in [1.807, 2.05) is 18.2 Å². The predicted molar refractivity (Wildman–Crippen MR) is 125 cm³/mol. The third kappa shape index (κ3) is 5.17. The molecule has 8 nitrogen and oxygen atoms in total. The zero-order valence-corrected chi connectivity index (χ0v) is 18.6. The van der Waals surface area contributed by atoms with Gasteiger partial charge in [0.25, 0.3) is 5.69 Å². The maximum Gasteiger partial charge on any atom is 0.340 e. The Labute approximate surface area is 191 Å². The Bertz CT molecular complexity index is 1170. The van der Waals surface area contributed by atoms with Gasteiger partial charge in [0.1, 0.15) is 0 Å². The van der Waals surface area contributed by atoms with E-state index < -0.39 is 16.9 Å². The number of carbonyl (C=O) groups is 2. The summed E-state index contributed by atoms with van der Waals surface area (Å²) in [5, 5.41) is 14.1. The van der Waals surface area contributed by atoms with Crippen molar-refractivity contribution in [2.45, 2.75) is 20.8 Å². The first kappa shape index (κ1) is 23.5. The van der Waals surface area contributed by atoms with E-state index >= 15 is 0 Å². The molecule has 33 heavy (non-hydrogen) atoms. The molecule has 0 atom stereocenters. The summed E-state index contributed by atoms with van der Waals surface area (Å²) in [7, 11) is 0. The minimum absolute atomic E-state index is 0.0509. The largest absolute Gasteiger partial charge is 0.462 e. The molecular formula is C25H24N2O6. The Kier molecular flexibility index (Phi) is 7.40. The maximum atomic E-state index is 13.1. The molecule has 0 aliphatic heterocycles. The molecular weight excluding hydrogens is 424 g/mol. The fourth-order valence-corrected chi connectivity index (χ4v) is 3.51. The van der Waals surface area contributed by atoms with Crippen molar-refractivity contribution in [3.63, 3.8) is 0 Å². The number of nitro groups is 1. The standard InChI is InChI=1S/C25H24N2O6/c1-4-32-24(28)21-16(3)15-20(26-18-11-13-19(14-12-18)27(30)31)23(25(29)33-5-2)22(21)17-9-7-6-8-10-17/h6-15,26H,4-5H2,1-3H3. The lowest BCUT2D eigenvalue weighted by molar-refractivity contribution is -0.384. The summed E-state index contributed by atoms with van der Waals surface area (Å²) in [6, 6.07) is 16.6. The lowest BCUT2D eigenvalue weighted by Crippen LogP contribution is -2.16. The molecule has 3 aromatic rings. The molecule has 0 amide bonds. The van der Waals surface area contributed by atoms with Crippen LogP contribution < -0.4 is 5.32 Å². The van der Waals surface area contributed by atoms with Crippen LogP contribution in [0.15, 0.2) is 60.7 Å². The van der Waals surface area contributed by atoms with E-state index in [0.29, 0.717) is 28.1 Å². The Morgan fingerprint density at radius 2 is 1.48 bits per heavy atom. The van der Waals surface area contributed by atoms with Crippen LogP contribution in [0.3, 0.4) is 0 Å². The van der Waals surface area contributed by atoms with Gasteiger partial charge in [-0.3, -0.25) is 10.1 Å². The van der Waals surface area contributed by atoms with Crippen LogP contribution in [0.1, 0.15) is 40.1 Å². The third-order valence-electron chi connectivity index (χ3n) is 4.90. The van der Waals surface area contributed by atoms with Crippen molar-refractivity contribution in [1.29, 1.82) is 0 Å². The second-order valence-electron chi connectivity index (χ2n) is 7.10. The summed E-state index contributed by atoms with van der Waals surface area (Å²) in [4.78, 5) is 36.5. The van der Waals surface area contributed by atoms with E-state index in [0.717, 1.165) is 0 Å². The average Bonchev–Trinajstić information content (AvgIpc) is 2.79. The molecule has 0 saturated heterocycles. The normalized spacial score (nSPS) is 10.4. The molecule has 0 bridgehead atoms. The highest BCUT2D eigenvalue weighted by Gasteiger charge is 2.28. The molecule has 0 unspecified atom stereocenters. The average molecular weight is 448 g/mol. The first-order valence-corrected chi connectivity index (χ1v) is 10.5. The fraction of sp³-hybridized carbons (Fsp3) is 0.200. The molecule has 170 valence electrons. The molecule has 8 heteroatoms. The van der Waals surface area contributed by atoms with Gasteiger partial charge in [-0.05, 0) is 50.1 Å². The van der Waals surface area contributed by atoms with Crippen molar-refractivity contribution in [2.24, 2.45) is 0 Å². The molecule has 0 fully saturated rings. The Morgan fingerprint density at radius 1 is 0.909 bits per heavy atom. The molecule has 3 aromatic carbocycles. The number of ether oxygens (including phenoxy) is 2. The highest BCUT2D eigenvalue weighted by Crippen LogP contribution is 2.38. The summed E-state index contributed by atoms with van der Waals surface area (Å²) in [5.74, 6) is -1.15. The summed E-state index contributed by atoms with van der Waals surface area (Å²) >= 11 is 0. The smallest absolute Gasteiger partial charge is 0.340 e. The maximum absolute atomic E-state index is 13.1. The number of nitro benzene ring substituents is 1. The molecule has 0 aliphatic rings. The van der Waals surface area contributed by atoms with Gasteiger partial charge in [-0.25, -0.2) is 9.59 Å². The van der Waals surface area contributed by atoms with Crippen LogP contribution >= 0.6 is 0 Å². The number of esters is 2.